The molecule has 8 heteroatoms. The van der Waals surface area contributed by atoms with Gasteiger partial charge in [-0.1, -0.05) is 50.3 Å². The van der Waals surface area contributed by atoms with E-state index >= 15 is 0 Å². The summed E-state index contributed by atoms with van der Waals surface area (Å²) in [4.78, 5) is 34.8. The zero-order valence-electron chi connectivity index (χ0n) is 25.8. The number of hydrogen-bond donors (Lipinski definition) is 0. The Morgan fingerprint density at radius 1 is 1.09 bits per heavy atom. The molecule has 2 aliphatic heterocycles. The molecule has 1 saturated heterocycles. The molecule has 0 spiro atoms. The summed E-state index contributed by atoms with van der Waals surface area (Å²) in [6.07, 6.45) is 9.65. The molecule has 2 aromatic carbocycles. The number of fused-ring (bicyclic) bond motifs is 2. The first-order chi connectivity index (χ1) is 21.5. The third-order valence-electron chi connectivity index (χ3n) is 9.15. The van der Waals surface area contributed by atoms with Crippen molar-refractivity contribution in [1.29, 1.82) is 0 Å². The molecule has 0 radical (unpaired) electrons. The molecule has 0 bridgehead atoms. The van der Waals surface area contributed by atoms with Gasteiger partial charge in [-0.25, -0.2) is 0 Å². The van der Waals surface area contributed by atoms with E-state index in [1.54, 1.807) is 18.2 Å². The van der Waals surface area contributed by atoms with Crippen molar-refractivity contribution in [3.05, 3.63) is 77.0 Å². The van der Waals surface area contributed by atoms with Crippen LogP contribution in [0.5, 0.6) is 5.75 Å². The fourth-order valence-corrected chi connectivity index (χ4v) is 7.44. The molecule has 4 unspecified atom stereocenters. The summed E-state index contributed by atoms with van der Waals surface area (Å²) < 4.78 is 12.1. The van der Waals surface area contributed by atoms with Gasteiger partial charge in [-0.15, -0.1) is 0 Å². The number of rotatable bonds is 13. The van der Waals surface area contributed by atoms with E-state index in [9.17, 15) is 9.59 Å². The van der Waals surface area contributed by atoms with Gasteiger partial charge in [0.25, 0.3) is 0 Å². The Kier molecular flexibility index (Phi) is 9.87. The maximum Gasteiger partial charge on any atom is 0.226 e. The first-order valence-corrected chi connectivity index (χ1v) is 17.1. The minimum absolute atomic E-state index is 0.0496. The SMILES string of the molecule is CC(CCC1C2C=CC=NC21)SC[C@H](C)C(=O)N1CCN(CCCOc2ccc3c(=O)cc(-c4ccccc4)oc3c2)CC1. The van der Waals surface area contributed by atoms with Crippen LogP contribution < -0.4 is 10.2 Å². The summed E-state index contributed by atoms with van der Waals surface area (Å²) >= 11 is 1.94. The van der Waals surface area contributed by atoms with Crippen molar-refractivity contribution in [2.75, 3.05) is 45.1 Å². The standard InChI is InChI=1S/C36H43N3O4S/c1-25(24-44-26(2)11-13-30-29-10-6-15-37-35(29)30)36(41)39-19-17-38(18-20-39)16-7-21-42-28-12-14-31-32(40)23-33(43-34(31)22-28)27-8-4-3-5-9-27/h3-6,8-10,12,14-15,22-23,25-26,29-30,35H,7,11,13,16-21,24H2,1-2H3/t25-,26?,29?,30?,35?/m0/s1. The summed E-state index contributed by atoms with van der Waals surface area (Å²) in [5, 5.41) is 1.12. The van der Waals surface area contributed by atoms with Crippen LogP contribution in [0.15, 0.2) is 81.0 Å². The molecule has 44 heavy (non-hydrogen) atoms. The van der Waals surface area contributed by atoms with E-state index in [0.29, 0.717) is 52.2 Å². The molecule has 1 aliphatic carbocycles. The highest BCUT2D eigenvalue weighted by molar-refractivity contribution is 7.99. The van der Waals surface area contributed by atoms with Crippen LogP contribution in [0.1, 0.15) is 33.1 Å². The van der Waals surface area contributed by atoms with Crippen LogP contribution in [0, 0.1) is 17.8 Å². The monoisotopic (exact) mass is 613 g/mol. The summed E-state index contributed by atoms with van der Waals surface area (Å²) in [5.74, 6) is 3.88. The van der Waals surface area contributed by atoms with Crippen molar-refractivity contribution >= 4 is 34.9 Å². The normalized spacial score (nSPS) is 22.5. The minimum Gasteiger partial charge on any atom is -0.493 e. The van der Waals surface area contributed by atoms with Gasteiger partial charge in [0.1, 0.15) is 17.1 Å². The highest BCUT2D eigenvalue weighted by Crippen LogP contribution is 2.48. The number of nitrogens with zero attached hydrogens (tertiary/aromatic N) is 3. The first kappa shape index (κ1) is 30.7. The Morgan fingerprint density at radius 2 is 1.91 bits per heavy atom. The Morgan fingerprint density at radius 3 is 2.68 bits per heavy atom. The smallest absolute Gasteiger partial charge is 0.226 e. The zero-order valence-corrected chi connectivity index (χ0v) is 26.6. The number of carbonyl (C=O) groups excluding carboxylic acids is 1. The number of benzene rings is 2. The summed E-state index contributed by atoms with van der Waals surface area (Å²) in [6, 6.07) is 17.1. The maximum atomic E-state index is 13.1. The van der Waals surface area contributed by atoms with E-state index in [1.165, 1.54) is 12.8 Å². The van der Waals surface area contributed by atoms with Crippen molar-refractivity contribution in [3.63, 3.8) is 0 Å². The van der Waals surface area contributed by atoms with Crippen LogP contribution in [0.2, 0.25) is 0 Å². The Bertz CT molecular complexity index is 1530. The Balaban J connectivity index is 0.881. The Hall–Kier alpha value is -3.36. The molecule has 3 heterocycles. The first-order valence-electron chi connectivity index (χ1n) is 16.0. The molecule has 0 N–H and O–H groups in total. The molecule has 3 aromatic rings. The van der Waals surface area contributed by atoms with Gasteiger partial charge >= 0.3 is 0 Å². The van der Waals surface area contributed by atoms with Gasteiger partial charge in [-0.3, -0.25) is 19.5 Å². The van der Waals surface area contributed by atoms with Crippen LogP contribution in [-0.2, 0) is 4.79 Å². The topological polar surface area (TPSA) is 75.3 Å². The van der Waals surface area contributed by atoms with Gasteiger partial charge in [0, 0.05) is 79.5 Å². The number of thioether (sulfide) groups is 1. The van der Waals surface area contributed by atoms with Crippen LogP contribution in [0.25, 0.3) is 22.3 Å². The lowest BCUT2D eigenvalue weighted by molar-refractivity contribution is -0.136. The number of allylic oxidation sites excluding steroid dienone is 1. The molecule has 7 nitrogen and oxygen atoms in total. The van der Waals surface area contributed by atoms with Crippen LogP contribution in [-0.4, -0.2) is 78.3 Å². The number of dihydropyridines is 1. The van der Waals surface area contributed by atoms with E-state index < -0.39 is 0 Å². The molecule has 6 rings (SSSR count). The highest BCUT2D eigenvalue weighted by atomic mass is 32.2. The van der Waals surface area contributed by atoms with E-state index in [1.807, 2.05) is 54.4 Å². The largest absolute Gasteiger partial charge is 0.493 e. The van der Waals surface area contributed by atoms with Crippen LogP contribution >= 0.6 is 11.8 Å². The summed E-state index contributed by atoms with van der Waals surface area (Å²) in [6.45, 7) is 9.25. The van der Waals surface area contributed by atoms with Crippen molar-refractivity contribution in [2.45, 2.75) is 44.4 Å². The van der Waals surface area contributed by atoms with Gasteiger partial charge in [0.15, 0.2) is 5.43 Å². The number of amides is 1. The van der Waals surface area contributed by atoms with E-state index in [-0.39, 0.29) is 11.3 Å². The van der Waals surface area contributed by atoms with Gasteiger partial charge in [0.2, 0.25) is 5.91 Å². The predicted octanol–water partition coefficient (Wildman–Crippen LogP) is 6.17. The zero-order chi connectivity index (χ0) is 30.5. The molecule has 5 atom stereocenters. The number of hydrogen-bond acceptors (Lipinski definition) is 7. The number of piperazine rings is 1. The van der Waals surface area contributed by atoms with Gasteiger partial charge in [0.05, 0.1) is 18.0 Å². The highest BCUT2D eigenvalue weighted by Gasteiger charge is 2.48. The molecular weight excluding hydrogens is 570 g/mol. The summed E-state index contributed by atoms with van der Waals surface area (Å²) in [7, 11) is 0. The second-order valence-corrected chi connectivity index (χ2v) is 13.9. The fourth-order valence-electron chi connectivity index (χ4n) is 6.38. The number of carbonyl (C=O) groups is 1. The summed E-state index contributed by atoms with van der Waals surface area (Å²) in [5.41, 5.74) is 1.33. The fraction of sp³-hybridized carbons (Fsp3) is 0.472. The van der Waals surface area contributed by atoms with Gasteiger partial charge in [-0.05, 0) is 43.4 Å². The van der Waals surface area contributed by atoms with Crippen molar-refractivity contribution in [2.24, 2.45) is 22.7 Å². The lowest BCUT2D eigenvalue weighted by atomic mass is 10.1. The van der Waals surface area contributed by atoms with Gasteiger partial charge in [-0.2, -0.15) is 11.8 Å². The molecule has 3 aliphatic rings. The lowest BCUT2D eigenvalue weighted by Crippen LogP contribution is -2.50. The average Bonchev–Trinajstić information content (AvgIpc) is 3.77. The van der Waals surface area contributed by atoms with E-state index in [0.717, 1.165) is 56.4 Å². The van der Waals surface area contributed by atoms with Crippen molar-refractivity contribution in [1.82, 2.24) is 9.80 Å². The van der Waals surface area contributed by atoms with E-state index in [4.69, 9.17) is 9.15 Å². The van der Waals surface area contributed by atoms with Crippen LogP contribution in [0.4, 0.5) is 0 Å². The maximum absolute atomic E-state index is 13.1. The molecule has 1 amide bonds. The quantitative estimate of drug-likeness (QED) is 0.215. The minimum atomic E-state index is -0.0630. The lowest BCUT2D eigenvalue weighted by Gasteiger charge is -2.36. The number of aliphatic imine (C=N–C) groups is 1. The predicted molar refractivity (Wildman–Crippen MR) is 180 cm³/mol. The third kappa shape index (κ3) is 7.46. The second-order valence-electron chi connectivity index (χ2n) is 12.4. The Labute approximate surface area is 264 Å². The molecule has 1 saturated carbocycles. The second kappa shape index (κ2) is 14.2. The third-order valence-corrected chi connectivity index (χ3v) is 10.7. The number of ether oxygens (including phenoxy) is 1. The molecule has 1 aromatic heterocycles. The molecule has 232 valence electrons. The molecular formula is C36H43N3O4S. The van der Waals surface area contributed by atoms with E-state index in [2.05, 4.69) is 40.8 Å². The van der Waals surface area contributed by atoms with Crippen molar-refractivity contribution in [3.8, 4) is 17.1 Å². The molecule has 2 fully saturated rings. The van der Waals surface area contributed by atoms with Gasteiger partial charge < -0.3 is 14.1 Å². The van der Waals surface area contributed by atoms with Crippen LogP contribution in [0.3, 0.4) is 0 Å². The van der Waals surface area contributed by atoms with Crippen molar-refractivity contribution < 1.29 is 13.9 Å². The average molecular weight is 614 g/mol.